The van der Waals surface area contributed by atoms with E-state index < -0.39 is 241 Å². The highest BCUT2D eigenvalue weighted by molar-refractivity contribution is 6.08. The average molecular weight is 1100 g/mol. The van der Waals surface area contributed by atoms with Gasteiger partial charge in [-0.15, -0.1) is 0 Å². The molecular formula is C46H38O32. The van der Waals surface area contributed by atoms with Gasteiger partial charge in [0.1, 0.15) is 42.0 Å². The highest BCUT2D eigenvalue weighted by atomic mass is 16.8. The van der Waals surface area contributed by atoms with E-state index in [2.05, 4.69) is 0 Å². The van der Waals surface area contributed by atoms with E-state index in [0.717, 1.165) is 0 Å². The van der Waals surface area contributed by atoms with Gasteiger partial charge in [0, 0.05) is 23.1 Å². The molecule has 18 N–H and O–H groups in total. The van der Waals surface area contributed by atoms with Gasteiger partial charge in [0.05, 0.1) is 29.2 Å². The van der Waals surface area contributed by atoms with Crippen LogP contribution in [0.4, 0.5) is 0 Å². The number of aliphatic hydroxyl groups is 7. The van der Waals surface area contributed by atoms with Crippen LogP contribution in [0, 0.1) is 5.41 Å². The normalized spacial score (nSPS) is 32.9. The number of phenolic OH excluding ortho intramolecular Hbond substituents is 11. The minimum Gasteiger partial charge on any atom is -0.504 e. The highest BCUT2D eigenvalue weighted by Crippen LogP contribution is 2.71. The lowest BCUT2D eigenvalue weighted by atomic mass is 9.52. The summed E-state index contributed by atoms with van der Waals surface area (Å²) in [5.41, 5.74) is -11.7. The van der Waals surface area contributed by atoms with Crippen molar-refractivity contribution in [2.75, 3.05) is 13.2 Å². The number of carbonyl (C=O) groups excluding carboxylic acids is 5. The maximum Gasteiger partial charge on any atom is 0.344 e. The quantitative estimate of drug-likeness (QED) is 0.0398. The smallest absolute Gasteiger partial charge is 0.344 e. The second kappa shape index (κ2) is 16.5. The van der Waals surface area contributed by atoms with Gasteiger partial charge in [0.2, 0.25) is 35.4 Å². The molecule has 32 heteroatoms. The van der Waals surface area contributed by atoms with Crippen molar-refractivity contribution >= 4 is 29.8 Å². The minimum atomic E-state index is -4.63. The number of hydrogen-bond donors (Lipinski definition) is 18. The summed E-state index contributed by atoms with van der Waals surface area (Å²) in [7, 11) is 0. The molecule has 32 nitrogen and oxygen atoms in total. The van der Waals surface area contributed by atoms with E-state index >= 15 is 9.59 Å². The SMILES string of the molecule is O=C(O[C@@H]1O[C@@H]2COC(=O)c3cc(O)c(O)c(O)c3-c3c(cc(O)c(O)c3O)C(=O)O[C@@H]3[C@H]1OC(=O)c1cc(O)c(O)c4c1[C@@H]1[C@@]5(C[C@]6(O)OC[C@@H](O)[C@@H]6O[C@@H]5C(O)(O)C(O)(O)[C@]1(O)O4)C(=O)O[C@@H]32)c1ccc(O)c(O)c1O. The Hall–Kier alpha value is -8.57. The first-order valence-corrected chi connectivity index (χ1v) is 22.5. The summed E-state index contributed by atoms with van der Waals surface area (Å²) in [5, 5.41) is 201. The van der Waals surface area contributed by atoms with Crippen molar-refractivity contribution < 1.29 is 159 Å². The Bertz CT molecular complexity index is 3370. The molecule has 4 aromatic carbocycles. The van der Waals surface area contributed by atoms with E-state index in [1.807, 2.05) is 0 Å². The first-order valence-electron chi connectivity index (χ1n) is 22.5. The fraction of sp³-hybridized carbons (Fsp3) is 0.370. The van der Waals surface area contributed by atoms with Gasteiger partial charge >= 0.3 is 29.8 Å². The number of cyclic esters (lactones) is 1. The molecule has 1 spiro atoms. The predicted octanol–water partition coefficient (Wildman–Crippen LogP) is -3.69. The average Bonchev–Trinajstić information content (AvgIpc) is 4.06. The van der Waals surface area contributed by atoms with E-state index in [9.17, 15) is 106 Å². The van der Waals surface area contributed by atoms with Crippen molar-refractivity contribution in [3.05, 3.63) is 58.1 Å². The molecule has 3 saturated heterocycles. The molecule has 6 aliphatic heterocycles. The van der Waals surface area contributed by atoms with Crippen molar-refractivity contribution in [3.63, 3.8) is 0 Å². The fourth-order valence-corrected chi connectivity index (χ4v) is 11.1. The summed E-state index contributed by atoms with van der Waals surface area (Å²) in [6.07, 6.45) is -22.3. The lowest BCUT2D eigenvalue weighted by Crippen LogP contribution is -2.86. The zero-order valence-electron chi connectivity index (χ0n) is 38.5. The van der Waals surface area contributed by atoms with Gasteiger partial charge in [-0.05, 0) is 30.3 Å². The molecule has 1 saturated carbocycles. The molecule has 4 fully saturated rings. The fourth-order valence-electron chi connectivity index (χ4n) is 11.1. The van der Waals surface area contributed by atoms with Crippen molar-refractivity contribution in [2.24, 2.45) is 5.41 Å². The van der Waals surface area contributed by atoms with Gasteiger partial charge in [-0.2, -0.15) is 0 Å². The Labute approximate surface area is 429 Å². The minimum absolute atomic E-state index is 0.308. The van der Waals surface area contributed by atoms with E-state index in [1.165, 1.54) is 0 Å². The topological polar surface area (TPSA) is 533 Å². The van der Waals surface area contributed by atoms with E-state index in [-0.39, 0.29) is 0 Å². The van der Waals surface area contributed by atoms with Crippen LogP contribution in [0.25, 0.3) is 11.1 Å². The summed E-state index contributed by atoms with van der Waals surface area (Å²) >= 11 is 0. The van der Waals surface area contributed by atoms with Crippen molar-refractivity contribution in [3.8, 4) is 80.1 Å². The monoisotopic (exact) mass is 1100 g/mol. The molecular weight excluding hydrogens is 1060 g/mol. The van der Waals surface area contributed by atoms with Crippen LogP contribution in [-0.2, 0) is 42.7 Å². The number of esters is 5. The summed E-state index contributed by atoms with van der Waals surface area (Å²) in [4.78, 5) is 74.3. The second-order valence-electron chi connectivity index (χ2n) is 19.1. The van der Waals surface area contributed by atoms with Gasteiger partial charge in [-0.1, -0.05) is 0 Å². The Kier molecular flexibility index (Phi) is 10.9. The molecule has 11 rings (SSSR count). The standard InChI is InChI=1S/C46H38O32/c47-13-2-1-9(22(52)23(13)53)36(60)77-39-32-31-29(18(72-39)7-70-35(59)10-3-14(48)24(54)27(57)19(10)20-11(37(61)73-31)4-15(49)25(55)28(20)58)75-41(63)42-8-43(64)34(17(51)6-71-43)76-40(42)44(65,66)46(68,69)45(67)33(42)21-12(38(62)74-32)5-16(50)26(56)30(21)78-45/h1-5,17-18,29,31-34,39-40,47-58,64-69H,6-8H2/t17-,18-,29-,31+,32-,33-,34+,39+,40+,42-,43+,45-/m1/s1. The van der Waals surface area contributed by atoms with Gasteiger partial charge in [-0.25, -0.2) is 19.2 Å². The highest BCUT2D eigenvalue weighted by Gasteiger charge is 2.88. The molecule has 0 amide bonds. The van der Waals surface area contributed by atoms with Crippen LogP contribution >= 0.6 is 0 Å². The third kappa shape index (κ3) is 6.59. The third-order valence-corrected chi connectivity index (χ3v) is 14.8. The number of phenols is 11. The summed E-state index contributed by atoms with van der Waals surface area (Å²) in [6, 6.07) is 2.37. The Morgan fingerprint density at radius 2 is 1.17 bits per heavy atom. The first kappa shape index (κ1) is 51.5. The van der Waals surface area contributed by atoms with E-state index in [4.69, 9.17) is 42.6 Å². The summed E-state index contributed by atoms with van der Waals surface area (Å²) in [6.45, 7) is -2.35. The molecule has 78 heavy (non-hydrogen) atoms. The maximum atomic E-state index is 15.9. The molecule has 0 radical (unpaired) electrons. The number of carbonyl (C=O) groups is 5. The van der Waals surface area contributed by atoms with Crippen LogP contribution in [0.2, 0.25) is 0 Å². The molecule has 6 heterocycles. The Balaban J connectivity index is 1.19. The first-order chi connectivity index (χ1) is 36.4. The molecule has 12 atom stereocenters. The number of hydrogen-bond acceptors (Lipinski definition) is 32. The Morgan fingerprint density at radius 3 is 1.81 bits per heavy atom. The van der Waals surface area contributed by atoms with Crippen LogP contribution in [-0.4, -0.2) is 207 Å². The van der Waals surface area contributed by atoms with Crippen molar-refractivity contribution in [2.45, 2.75) is 84.5 Å². The second-order valence-corrected chi connectivity index (χ2v) is 19.1. The molecule has 7 aliphatic rings. The molecule has 414 valence electrons. The lowest BCUT2D eigenvalue weighted by Gasteiger charge is -2.63. The van der Waals surface area contributed by atoms with Crippen molar-refractivity contribution in [1.82, 2.24) is 0 Å². The van der Waals surface area contributed by atoms with Crippen molar-refractivity contribution in [1.29, 1.82) is 0 Å². The van der Waals surface area contributed by atoms with Gasteiger partial charge in [0.15, 0.2) is 64.0 Å². The molecule has 4 bridgehead atoms. The predicted molar refractivity (Wildman–Crippen MR) is 231 cm³/mol. The molecule has 0 unspecified atom stereocenters. The Morgan fingerprint density at radius 1 is 0.603 bits per heavy atom. The summed E-state index contributed by atoms with van der Waals surface area (Å²) in [5.74, 6) is -45.7. The van der Waals surface area contributed by atoms with E-state index in [1.54, 1.807) is 0 Å². The van der Waals surface area contributed by atoms with Crippen LogP contribution in [0.5, 0.6) is 69.0 Å². The molecule has 1 aliphatic carbocycles. The summed E-state index contributed by atoms with van der Waals surface area (Å²) < 4.78 is 51.2. The molecule has 0 aromatic heterocycles. The number of benzene rings is 4. The lowest BCUT2D eigenvalue weighted by molar-refractivity contribution is -0.508. The number of fused-ring (bicyclic) bond motifs is 4. The van der Waals surface area contributed by atoms with Crippen LogP contribution in [0.3, 0.4) is 0 Å². The van der Waals surface area contributed by atoms with E-state index in [0.29, 0.717) is 30.3 Å². The van der Waals surface area contributed by atoms with Crippen LogP contribution < -0.4 is 4.74 Å². The van der Waals surface area contributed by atoms with Gasteiger partial charge in [0.25, 0.3) is 17.4 Å². The number of aromatic hydroxyl groups is 11. The number of ether oxygens (including phenoxy) is 9. The number of aliphatic hydroxyl groups excluding tert-OH is 1. The van der Waals surface area contributed by atoms with Gasteiger partial charge < -0.3 is 135 Å². The molecule has 4 aromatic rings. The largest absolute Gasteiger partial charge is 0.504 e. The van der Waals surface area contributed by atoms with Gasteiger partial charge in [-0.3, -0.25) is 4.79 Å². The van der Waals surface area contributed by atoms with Crippen LogP contribution in [0.15, 0.2) is 30.3 Å². The zero-order valence-corrected chi connectivity index (χ0v) is 38.5. The maximum absolute atomic E-state index is 15.9. The van der Waals surface area contributed by atoms with Crippen LogP contribution in [0.1, 0.15) is 59.3 Å². The third-order valence-electron chi connectivity index (χ3n) is 14.8. The number of rotatable bonds is 2. The zero-order chi connectivity index (χ0) is 56.6.